The molecule has 2 amide bonds. The van der Waals surface area contributed by atoms with Crippen molar-refractivity contribution in [2.24, 2.45) is 17.8 Å². The zero-order chi connectivity index (χ0) is 23.2. The van der Waals surface area contributed by atoms with Gasteiger partial charge in [0.1, 0.15) is 11.6 Å². The molecule has 2 rings (SSSR count). The number of benzene rings is 1. The average Bonchev–Trinajstić information content (AvgIpc) is 3.44. The van der Waals surface area contributed by atoms with Gasteiger partial charge in [0.05, 0.1) is 12.6 Å². The summed E-state index contributed by atoms with van der Waals surface area (Å²) >= 11 is 0. The van der Waals surface area contributed by atoms with E-state index in [0.717, 1.165) is 12.0 Å². The highest BCUT2D eigenvalue weighted by Gasteiger charge is 2.50. The summed E-state index contributed by atoms with van der Waals surface area (Å²) < 4.78 is 5.32. The van der Waals surface area contributed by atoms with Crippen LogP contribution in [0.1, 0.15) is 59.9 Å². The summed E-state index contributed by atoms with van der Waals surface area (Å²) in [6.07, 6.45) is 1.64. The van der Waals surface area contributed by atoms with Gasteiger partial charge in [-0.2, -0.15) is 0 Å². The molecule has 1 aromatic carbocycles. The van der Waals surface area contributed by atoms with Gasteiger partial charge in [-0.3, -0.25) is 14.4 Å². The van der Waals surface area contributed by atoms with Gasteiger partial charge in [-0.05, 0) is 37.2 Å². The Morgan fingerprint density at radius 1 is 0.903 bits per heavy atom. The van der Waals surface area contributed by atoms with Crippen molar-refractivity contribution in [3.63, 3.8) is 0 Å². The fraction of sp³-hybridized carbons (Fsp3) is 0.640. The molecule has 0 saturated carbocycles. The molecule has 0 unspecified atom stereocenters. The van der Waals surface area contributed by atoms with E-state index in [1.54, 1.807) is 6.92 Å². The summed E-state index contributed by atoms with van der Waals surface area (Å²) in [6, 6.07) is 8.20. The van der Waals surface area contributed by atoms with Gasteiger partial charge < -0.3 is 15.4 Å². The Morgan fingerprint density at radius 2 is 1.45 bits per heavy atom. The van der Waals surface area contributed by atoms with E-state index in [0.29, 0.717) is 25.4 Å². The van der Waals surface area contributed by atoms with E-state index in [1.807, 2.05) is 51.1 Å². The Morgan fingerprint density at radius 3 is 1.97 bits per heavy atom. The lowest BCUT2D eigenvalue weighted by Crippen LogP contribution is -2.55. The van der Waals surface area contributed by atoms with Gasteiger partial charge in [-0.15, -0.1) is 0 Å². The van der Waals surface area contributed by atoms with Gasteiger partial charge in [-0.1, -0.05) is 65.0 Å². The molecule has 0 radical (unpaired) electrons. The SMILES string of the molecule is CC(C)C[C@H](NC(=O)[C@H](Cc1ccccc1)NC(=O)[C@@H](C)CC(C)C)C(=O)[C@@]1(C)CO1. The van der Waals surface area contributed by atoms with Crippen molar-refractivity contribution >= 4 is 17.6 Å². The number of Topliss-reactive ketones (excluding diaryl/α,β-unsaturated/α-hetero) is 1. The van der Waals surface area contributed by atoms with Gasteiger partial charge in [0.15, 0.2) is 5.78 Å². The van der Waals surface area contributed by atoms with E-state index in [4.69, 9.17) is 4.74 Å². The first-order valence-corrected chi connectivity index (χ1v) is 11.3. The Balaban J connectivity index is 2.16. The van der Waals surface area contributed by atoms with E-state index in [2.05, 4.69) is 24.5 Å². The third-order valence-electron chi connectivity index (χ3n) is 5.63. The first-order chi connectivity index (χ1) is 14.5. The van der Waals surface area contributed by atoms with Crippen LogP contribution >= 0.6 is 0 Å². The highest BCUT2D eigenvalue weighted by molar-refractivity contribution is 5.98. The maximum absolute atomic E-state index is 13.3. The van der Waals surface area contributed by atoms with Crippen LogP contribution in [-0.2, 0) is 25.5 Å². The molecule has 6 heteroatoms. The molecule has 2 N–H and O–H groups in total. The second kappa shape index (κ2) is 10.9. The number of rotatable bonds is 12. The molecule has 1 heterocycles. The lowest BCUT2D eigenvalue weighted by Gasteiger charge is -2.26. The molecular formula is C25H38N2O4. The molecule has 1 saturated heterocycles. The summed E-state index contributed by atoms with van der Waals surface area (Å²) in [5.41, 5.74) is 0.139. The molecule has 31 heavy (non-hydrogen) atoms. The van der Waals surface area contributed by atoms with Crippen molar-refractivity contribution < 1.29 is 19.1 Å². The number of nitrogens with one attached hydrogen (secondary N) is 2. The number of carbonyl (C=O) groups excluding carboxylic acids is 3. The van der Waals surface area contributed by atoms with E-state index in [1.165, 1.54) is 0 Å². The number of epoxide rings is 1. The van der Waals surface area contributed by atoms with Gasteiger partial charge in [0.2, 0.25) is 11.8 Å². The Labute approximate surface area is 186 Å². The van der Waals surface area contributed by atoms with Crippen LogP contribution in [0.15, 0.2) is 30.3 Å². The zero-order valence-corrected chi connectivity index (χ0v) is 19.7. The fourth-order valence-corrected chi connectivity index (χ4v) is 3.78. The van der Waals surface area contributed by atoms with Crippen molar-refractivity contribution in [3.05, 3.63) is 35.9 Å². The van der Waals surface area contributed by atoms with Gasteiger partial charge in [0, 0.05) is 12.3 Å². The smallest absolute Gasteiger partial charge is 0.243 e. The van der Waals surface area contributed by atoms with Crippen molar-refractivity contribution in [3.8, 4) is 0 Å². The third-order valence-corrected chi connectivity index (χ3v) is 5.63. The summed E-state index contributed by atoms with van der Waals surface area (Å²) in [4.78, 5) is 38.9. The van der Waals surface area contributed by atoms with Gasteiger partial charge >= 0.3 is 0 Å². The number of carbonyl (C=O) groups is 3. The second-order valence-electron chi connectivity index (χ2n) is 9.86. The lowest BCUT2D eigenvalue weighted by atomic mass is 9.92. The van der Waals surface area contributed by atoms with Gasteiger partial charge in [0.25, 0.3) is 0 Å². The molecule has 0 aromatic heterocycles. The Bertz CT molecular complexity index is 756. The molecular weight excluding hydrogens is 392 g/mol. The number of hydrogen-bond acceptors (Lipinski definition) is 4. The van der Waals surface area contributed by atoms with Crippen LogP contribution in [0.4, 0.5) is 0 Å². The first-order valence-electron chi connectivity index (χ1n) is 11.3. The van der Waals surface area contributed by atoms with Crippen LogP contribution in [0.5, 0.6) is 0 Å². The second-order valence-corrected chi connectivity index (χ2v) is 9.86. The molecule has 1 fully saturated rings. The summed E-state index contributed by atoms with van der Waals surface area (Å²) in [5.74, 6) is -0.170. The number of ketones is 1. The van der Waals surface area contributed by atoms with Crippen molar-refractivity contribution in [1.29, 1.82) is 0 Å². The molecule has 4 atom stereocenters. The highest BCUT2D eigenvalue weighted by atomic mass is 16.6. The zero-order valence-electron chi connectivity index (χ0n) is 19.7. The maximum Gasteiger partial charge on any atom is 0.243 e. The summed E-state index contributed by atoms with van der Waals surface area (Å²) in [5, 5.41) is 5.85. The fourth-order valence-electron chi connectivity index (χ4n) is 3.78. The summed E-state index contributed by atoms with van der Waals surface area (Å²) in [6.45, 7) is 12.2. The van der Waals surface area contributed by atoms with Crippen LogP contribution in [-0.4, -0.2) is 41.9 Å². The molecule has 0 spiro atoms. The topological polar surface area (TPSA) is 87.8 Å². The predicted molar refractivity (Wildman–Crippen MR) is 121 cm³/mol. The quantitative estimate of drug-likeness (QED) is 0.498. The minimum atomic E-state index is -0.809. The Kier molecular flexibility index (Phi) is 8.80. The van der Waals surface area contributed by atoms with E-state index < -0.39 is 17.7 Å². The van der Waals surface area contributed by atoms with E-state index >= 15 is 0 Å². The van der Waals surface area contributed by atoms with Crippen molar-refractivity contribution in [1.82, 2.24) is 10.6 Å². The van der Waals surface area contributed by atoms with Crippen LogP contribution < -0.4 is 10.6 Å². The third kappa shape index (κ3) is 7.76. The Hall–Kier alpha value is -2.21. The molecule has 6 nitrogen and oxygen atoms in total. The first kappa shape index (κ1) is 25.1. The maximum atomic E-state index is 13.3. The van der Waals surface area contributed by atoms with E-state index in [-0.39, 0.29) is 29.4 Å². The van der Waals surface area contributed by atoms with Crippen LogP contribution in [0, 0.1) is 17.8 Å². The van der Waals surface area contributed by atoms with Crippen LogP contribution in [0.2, 0.25) is 0 Å². The van der Waals surface area contributed by atoms with Crippen molar-refractivity contribution in [2.75, 3.05) is 6.61 Å². The number of hydrogen-bond donors (Lipinski definition) is 2. The standard InChI is InChI=1S/C25H38N2O4/c1-16(2)12-18(5)23(29)27-21(14-19-10-8-7-9-11-19)24(30)26-20(13-17(3)4)22(28)25(6)15-31-25/h7-11,16-18,20-21H,12-15H2,1-6H3,(H,26,30)(H,27,29)/t18-,20-,21-,25+/m0/s1. The largest absolute Gasteiger partial charge is 0.361 e. The average molecular weight is 431 g/mol. The molecule has 1 aliphatic rings. The molecule has 1 aliphatic heterocycles. The predicted octanol–water partition coefficient (Wildman–Crippen LogP) is 3.29. The molecule has 0 aliphatic carbocycles. The number of amides is 2. The highest BCUT2D eigenvalue weighted by Crippen LogP contribution is 2.29. The lowest BCUT2D eigenvalue weighted by molar-refractivity contribution is -0.134. The molecule has 0 bridgehead atoms. The monoisotopic (exact) mass is 430 g/mol. The van der Waals surface area contributed by atoms with Crippen LogP contribution in [0.25, 0.3) is 0 Å². The molecule has 172 valence electrons. The normalized spacial score (nSPS) is 20.8. The van der Waals surface area contributed by atoms with Gasteiger partial charge in [-0.25, -0.2) is 0 Å². The van der Waals surface area contributed by atoms with Crippen molar-refractivity contribution in [2.45, 2.75) is 78.5 Å². The summed E-state index contributed by atoms with van der Waals surface area (Å²) in [7, 11) is 0. The minimum absolute atomic E-state index is 0.104. The number of ether oxygens (including phenoxy) is 1. The van der Waals surface area contributed by atoms with Crippen LogP contribution in [0.3, 0.4) is 0 Å². The molecule has 1 aromatic rings. The van der Waals surface area contributed by atoms with E-state index in [9.17, 15) is 14.4 Å². The minimum Gasteiger partial charge on any atom is -0.361 e.